The lowest BCUT2D eigenvalue weighted by Gasteiger charge is -2.08. The van der Waals surface area contributed by atoms with E-state index in [2.05, 4.69) is 27.9 Å². The van der Waals surface area contributed by atoms with Gasteiger partial charge >= 0.3 is 5.97 Å². The number of benzene rings is 2. The second kappa shape index (κ2) is 5.87. The van der Waals surface area contributed by atoms with Gasteiger partial charge in [0.05, 0.1) is 4.92 Å². The van der Waals surface area contributed by atoms with Crippen LogP contribution in [0, 0.1) is 13.7 Å². The SMILES string of the molecule is O=C(O)c1cc(Nc2cccc(I)c2)ccc1[N+](=O)[O-]. The summed E-state index contributed by atoms with van der Waals surface area (Å²) in [6, 6.07) is 11.4. The summed E-state index contributed by atoms with van der Waals surface area (Å²) in [4.78, 5) is 21.1. The van der Waals surface area contributed by atoms with Crippen LogP contribution in [0.5, 0.6) is 0 Å². The lowest BCUT2D eigenvalue weighted by Crippen LogP contribution is -2.03. The van der Waals surface area contributed by atoms with Crippen LogP contribution >= 0.6 is 22.6 Å². The zero-order valence-corrected chi connectivity index (χ0v) is 12.2. The number of rotatable bonds is 4. The molecule has 2 aromatic carbocycles. The number of nitrogens with zero attached hydrogens (tertiary/aromatic N) is 1. The average Bonchev–Trinajstić information content (AvgIpc) is 2.38. The number of aromatic carboxylic acids is 1. The van der Waals surface area contributed by atoms with Gasteiger partial charge in [-0.1, -0.05) is 6.07 Å². The number of hydrogen-bond donors (Lipinski definition) is 2. The minimum absolute atomic E-state index is 0.342. The first-order valence-corrected chi connectivity index (χ1v) is 6.59. The fourth-order valence-corrected chi connectivity index (χ4v) is 2.22. The maximum atomic E-state index is 11.1. The number of anilines is 2. The van der Waals surface area contributed by atoms with Gasteiger partial charge in [-0.3, -0.25) is 10.1 Å². The largest absolute Gasteiger partial charge is 0.477 e. The van der Waals surface area contributed by atoms with Crippen LogP contribution in [0.25, 0.3) is 0 Å². The molecule has 0 aliphatic rings. The summed E-state index contributed by atoms with van der Waals surface area (Å²) in [5, 5.41) is 22.8. The van der Waals surface area contributed by atoms with Gasteiger partial charge in [0.25, 0.3) is 5.69 Å². The molecule has 7 heteroatoms. The van der Waals surface area contributed by atoms with Crippen molar-refractivity contribution < 1.29 is 14.8 Å². The summed E-state index contributed by atoms with van der Waals surface area (Å²) in [6.45, 7) is 0. The number of carbonyl (C=O) groups is 1. The van der Waals surface area contributed by atoms with E-state index in [0.29, 0.717) is 5.69 Å². The fourth-order valence-electron chi connectivity index (χ4n) is 1.68. The molecule has 0 radical (unpaired) electrons. The fraction of sp³-hybridized carbons (Fsp3) is 0. The van der Waals surface area contributed by atoms with E-state index in [9.17, 15) is 14.9 Å². The van der Waals surface area contributed by atoms with Crippen molar-refractivity contribution in [1.82, 2.24) is 0 Å². The van der Waals surface area contributed by atoms with Crippen LogP contribution in [-0.4, -0.2) is 16.0 Å². The molecular weight excluding hydrogens is 375 g/mol. The first-order valence-electron chi connectivity index (χ1n) is 5.51. The summed E-state index contributed by atoms with van der Waals surface area (Å²) < 4.78 is 1.02. The van der Waals surface area contributed by atoms with E-state index >= 15 is 0 Å². The van der Waals surface area contributed by atoms with Crippen LogP contribution in [-0.2, 0) is 0 Å². The lowest BCUT2D eigenvalue weighted by atomic mass is 10.1. The number of nitrogens with one attached hydrogen (secondary N) is 1. The van der Waals surface area contributed by atoms with E-state index in [1.807, 2.05) is 24.3 Å². The van der Waals surface area contributed by atoms with Crippen LogP contribution in [0.4, 0.5) is 17.1 Å². The highest BCUT2D eigenvalue weighted by atomic mass is 127. The normalized spacial score (nSPS) is 10.1. The Hall–Kier alpha value is -2.16. The number of hydrogen-bond acceptors (Lipinski definition) is 4. The van der Waals surface area contributed by atoms with Crippen LogP contribution in [0.1, 0.15) is 10.4 Å². The first kappa shape index (κ1) is 14.3. The predicted octanol–water partition coefficient (Wildman–Crippen LogP) is 3.64. The molecule has 0 bridgehead atoms. The smallest absolute Gasteiger partial charge is 0.342 e. The Kier molecular flexibility index (Phi) is 4.18. The molecule has 0 heterocycles. The lowest BCUT2D eigenvalue weighted by molar-refractivity contribution is -0.385. The van der Waals surface area contributed by atoms with Crippen LogP contribution < -0.4 is 5.32 Å². The van der Waals surface area contributed by atoms with Gasteiger partial charge in [0.2, 0.25) is 0 Å². The molecule has 20 heavy (non-hydrogen) atoms. The maximum Gasteiger partial charge on any atom is 0.342 e. The molecule has 6 nitrogen and oxygen atoms in total. The van der Waals surface area contributed by atoms with Crippen molar-refractivity contribution in [3.05, 3.63) is 61.7 Å². The Morgan fingerprint density at radius 1 is 1.20 bits per heavy atom. The van der Waals surface area contributed by atoms with Gasteiger partial charge in [-0.2, -0.15) is 0 Å². The van der Waals surface area contributed by atoms with Crippen LogP contribution in [0.15, 0.2) is 42.5 Å². The highest BCUT2D eigenvalue weighted by molar-refractivity contribution is 14.1. The van der Waals surface area contributed by atoms with Gasteiger partial charge < -0.3 is 10.4 Å². The van der Waals surface area contributed by atoms with E-state index in [0.717, 1.165) is 9.26 Å². The van der Waals surface area contributed by atoms with Crippen molar-refractivity contribution in [3.63, 3.8) is 0 Å². The van der Waals surface area contributed by atoms with E-state index in [1.165, 1.54) is 18.2 Å². The Balaban J connectivity index is 2.36. The number of halogens is 1. The van der Waals surface area contributed by atoms with Crippen molar-refractivity contribution >= 4 is 45.6 Å². The van der Waals surface area contributed by atoms with Crippen molar-refractivity contribution in [2.24, 2.45) is 0 Å². The van der Waals surface area contributed by atoms with E-state index < -0.39 is 16.6 Å². The van der Waals surface area contributed by atoms with Gasteiger partial charge in [-0.15, -0.1) is 0 Å². The van der Waals surface area contributed by atoms with Gasteiger partial charge in [0.15, 0.2) is 0 Å². The maximum absolute atomic E-state index is 11.1. The molecule has 2 N–H and O–H groups in total. The van der Waals surface area contributed by atoms with Gasteiger partial charge in [-0.25, -0.2) is 4.79 Å². The van der Waals surface area contributed by atoms with Crippen LogP contribution in [0.2, 0.25) is 0 Å². The molecule has 0 aromatic heterocycles. The Morgan fingerprint density at radius 2 is 1.90 bits per heavy atom. The Morgan fingerprint density at radius 3 is 2.50 bits per heavy atom. The van der Waals surface area contributed by atoms with Crippen molar-refractivity contribution in [1.29, 1.82) is 0 Å². The van der Waals surface area contributed by atoms with Crippen molar-refractivity contribution in [3.8, 4) is 0 Å². The predicted molar refractivity (Wildman–Crippen MR) is 82.5 cm³/mol. The van der Waals surface area contributed by atoms with Gasteiger partial charge in [0, 0.05) is 21.0 Å². The summed E-state index contributed by atoms with van der Waals surface area (Å²) in [7, 11) is 0. The van der Waals surface area contributed by atoms with Gasteiger partial charge in [-0.05, 0) is 52.9 Å². The summed E-state index contributed by atoms with van der Waals surface area (Å²) in [6.07, 6.45) is 0. The number of nitro groups is 1. The monoisotopic (exact) mass is 384 g/mol. The number of carboxylic acids is 1. The van der Waals surface area contributed by atoms with Crippen molar-refractivity contribution in [2.75, 3.05) is 5.32 Å². The second-order valence-corrected chi connectivity index (χ2v) is 5.18. The summed E-state index contributed by atoms with van der Waals surface area (Å²) in [5.74, 6) is -1.33. The molecule has 102 valence electrons. The summed E-state index contributed by atoms with van der Waals surface area (Å²) in [5.41, 5.74) is 0.494. The van der Waals surface area contributed by atoms with Gasteiger partial charge in [0.1, 0.15) is 5.56 Å². The van der Waals surface area contributed by atoms with Crippen LogP contribution in [0.3, 0.4) is 0 Å². The highest BCUT2D eigenvalue weighted by Crippen LogP contribution is 2.25. The van der Waals surface area contributed by atoms with E-state index in [-0.39, 0.29) is 5.56 Å². The molecule has 0 unspecified atom stereocenters. The zero-order chi connectivity index (χ0) is 14.7. The van der Waals surface area contributed by atoms with E-state index in [4.69, 9.17) is 5.11 Å². The minimum Gasteiger partial charge on any atom is -0.477 e. The quantitative estimate of drug-likeness (QED) is 0.477. The average molecular weight is 384 g/mol. The minimum atomic E-state index is -1.33. The molecule has 2 rings (SSSR count). The van der Waals surface area contributed by atoms with E-state index in [1.54, 1.807) is 0 Å². The zero-order valence-electron chi connectivity index (χ0n) is 10.0. The molecule has 0 saturated heterocycles. The Labute approximate surface area is 127 Å². The standard InChI is InChI=1S/C13H9IN2O4/c14-8-2-1-3-9(6-8)15-10-4-5-12(16(19)20)11(7-10)13(17)18/h1-7,15H,(H,17,18). The summed E-state index contributed by atoms with van der Waals surface area (Å²) >= 11 is 2.16. The highest BCUT2D eigenvalue weighted by Gasteiger charge is 2.19. The molecule has 0 aliphatic heterocycles. The topological polar surface area (TPSA) is 92.5 Å². The molecule has 0 spiro atoms. The molecule has 0 aliphatic carbocycles. The molecule has 2 aromatic rings. The first-order chi connectivity index (χ1) is 9.47. The second-order valence-electron chi connectivity index (χ2n) is 3.93. The third kappa shape index (κ3) is 3.23. The third-order valence-electron chi connectivity index (χ3n) is 2.54. The number of nitro benzene ring substituents is 1. The van der Waals surface area contributed by atoms with Crippen molar-refractivity contribution in [2.45, 2.75) is 0 Å². The number of carboxylic acid groups (broad SMARTS) is 1. The molecule has 0 atom stereocenters. The molecular formula is C13H9IN2O4. The third-order valence-corrected chi connectivity index (χ3v) is 3.21. The molecule has 0 saturated carbocycles. The molecule has 0 fully saturated rings. The Bertz CT molecular complexity index is 688. The molecule has 0 amide bonds.